The lowest BCUT2D eigenvalue weighted by Crippen LogP contribution is -2.41. The van der Waals surface area contributed by atoms with Crippen LogP contribution in [0.3, 0.4) is 0 Å². The normalized spacial score (nSPS) is 27.2. The second-order valence-corrected chi connectivity index (χ2v) is 6.52. The van der Waals surface area contributed by atoms with E-state index in [2.05, 4.69) is 11.9 Å². The molecule has 3 rings (SSSR count). The first-order valence-corrected chi connectivity index (χ1v) is 8.06. The summed E-state index contributed by atoms with van der Waals surface area (Å²) < 4.78 is 5.08. The first kappa shape index (κ1) is 15.9. The highest BCUT2D eigenvalue weighted by Crippen LogP contribution is 2.44. The van der Waals surface area contributed by atoms with Gasteiger partial charge in [0, 0.05) is 45.7 Å². The number of hydrogen-bond acceptors (Lipinski definition) is 4. The van der Waals surface area contributed by atoms with Crippen LogP contribution in [0.5, 0.6) is 0 Å². The number of carbonyl (C=O) groups excluding carboxylic acids is 2. The Labute approximate surface area is 136 Å². The first-order chi connectivity index (χ1) is 11.1. The molecule has 1 aromatic heterocycles. The molecule has 124 valence electrons. The van der Waals surface area contributed by atoms with E-state index in [0.717, 1.165) is 13.0 Å². The molecule has 0 bridgehead atoms. The van der Waals surface area contributed by atoms with Gasteiger partial charge in [0.25, 0.3) is 5.91 Å². The Morgan fingerprint density at radius 2 is 2.35 bits per heavy atom. The molecule has 2 fully saturated rings. The van der Waals surface area contributed by atoms with E-state index in [-0.39, 0.29) is 17.7 Å². The molecule has 0 radical (unpaired) electrons. The lowest BCUT2D eigenvalue weighted by molar-refractivity contribution is -0.137. The van der Waals surface area contributed by atoms with Gasteiger partial charge in [-0.2, -0.15) is 0 Å². The third kappa shape index (κ3) is 2.72. The fourth-order valence-electron chi connectivity index (χ4n) is 3.77. The average molecular weight is 317 g/mol. The molecule has 23 heavy (non-hydrogen) atoms. The molecule has 0 aliphatic carbocycles. The van der Waals surface area contributed by atoms with Crippen molar-refractivity contribution in [2.75, 3.05) is 39.9 Å². The van der Waals surface area contributed by atoms with Gasteiger partial charge in [-0.15, -0.1) is 0 Å². The molecular weight excluding hydrogens is 294 g/mol. The highest BCUT2D eigenvalue weighted by molar-refractivity contribution is 5.95. The zero-order valence-electron chi connectivity index (χ0n) is 13.7. The van der Waals surface area contributed by atoms with Crippen LogP contribution in [0.1, 0.15) is 23.7 Å². The summed E-state index contributed by atoms with van der Waals surface area (Å²) in [5.74, 6) is 0.302. The van der Waals surface area contributed by atoms with Crippen LogP contribution < -0.4 is 0 Å². The van der Waals surface area contributed by atoms with Crippen molar-refractivity contribution in [3.8, 4) is 0 Å². The summed E-state index contributed by atoms with van der Waals surface area (Å²) in [5, 5.41) is 0. The molecule has 0 aromatic carbocycles. The number of ether oxygens (including phenoxy) is 1. The van der Waals surface area contributed by atoms with Crippen molar-refractivity contribution in [1.29, 1.82) is 0 Å². The number of rotatable bonds is 4. The number of pyridine rings is 1. The van der Waals surface area contributed by atoms with Crippen molar-refractivity contribution < 1.29 is 14.3 Å². The molecule has 1 spiro atoms. The van der Waals surface area contributed by atoms with Crippen LogP contribution in [0.2, 0.25) is 0 Å². The fraction of sp³-hybridized carbons (Fsp3) is 0.588. The van der Waals surface area contributed by atoms with Gasteiger partial charge in [-0.05, 0) is 24.5 Å². The highest BCUT2D eigenvalue weighted by Gasteiger charge is 2.55. The standard InChI is InChI=1S/C17H23N3O3/c1-13-11-20(15(21)14-4-3-6-18-10-14)12-17(13)5-7-19(16(17)22)8-9-23-2/h3-4,6,10,13H,5,7-9,11-12H2,1-2H3/t13-,17-/m1/s1. The maximum absolute atomic E-state index is 12.9. The lowest BCUT2D eigenvalue weighted by atomic mass is 9.78. The second kappa shape index (κ2) is 6.28. The van der Waals surface area contributed by atoms with Gasteiger partial charge in [0.2, 0.25) is 5.91 Å². The molecule has 0 N–H and O–H groups in total. The van der Waals surface area contributed by atoms with Crippen molar-refractivity contribution in [2.45, 2.75) is 13.3 Å². The number of aromatic nitrogens is 1. The SMILES string of the molecule is COCCN1CC[C@]2(CN(C(=O)c3cccnc3)C[C@H]2C)C1=O. The molecule has 2 atom stereocenters. The number of hydrogen-bond donors (Lipinski definition) is 0. The number of carbonyl (C=O) groups is 2. The molecule has 2 aliphatic rings. The summed E-state index contributed by atoms with van der Waals surface area (Å²) in [7, 11) is 1.64. The summed E-state index contributed by atoms with van der Waals surface area (Å²) in [6.07, 6.45) is 4.05. The number of nitrogens with zero attached hydrogens (tertiary/aromatic N) is 3. The van der Waals surface area contributed by atoms with E-state index in [1.807, 2.05) is 4.90 Å². The molecule has 6 nitrogen and oxygen atoms in total. The van der Waals surface area contributed by atoms with Gasteiger partial charge in [-0.25, -0.2) is 0 Å². The third-order valence-electron chi connectivity index (χ3n) is 5.21. The van der Waals surface area contributed by atoms with Crippen LogP contribution in [-0.2, 0) is 9.53 Å². The predicted molar refractivity (Wildman–Crippen MR) is 84.8 cm³/mol. The molecule has 2 saturated heterocycles. The summed E-state index contributed by atoms with van der Waals surface area (Å²) in [6.45, 7) is 5.13. The minimum Gasteiger partial charge on any atom is -0.383 e. The van der Waals surface area contributed by atoms with E-state index < -0.39 is 5.41 Å². The number of likely N-dealkylation sites (tertiary alicyclic amines) is 2. The minimum absolute atomic E-state index is 0.0371. The van der Waals surface area contributed by atoms with Crippen molar-refractivity contribution in [1.82, 2.24) is 14.8 Å². The maximum atomic E-state index is 12.9. The maximum Gasteiger partial charge on any atom is 0.255 e. The molecule has 0 unspecified atom stereocenters. The molecule has 6 heteroatoms. The molecule has 3 heterocycles. The number of methoxy groups -OCH3 is 1. The van der Waals surface area contributed by atoms with Crippen molar-refractivity contribution in [2.24, 2.45) is 11.3 Å². The zero-order chi connectivity index (χ0) is 16.4. The highest BCUT2D eigenvalue weighted by atomic mass is 16.5. The molecule has 0 saturated carbocycles. The van der Waals surface area contributed by atoms with Gasteiger partial charge in [0.05, 0.1) is 17.6 Å². The predicted octanol–water partition coefficient (Wildman–Crippen LogP) is 1.04. The lowest BCUT2D eigenvalue weighted by Gasteiger charge is -2.26. The van der Waals surface area contributed by atoms with Crippen LogP contribution >= 0.6 is 0 Å². The van der Waals surface area contributed by atoms with E-state index in [1.165, 1.54) is 0 Å². The smallest absolute Gasteiger partial charge is 0.255 e. The summed E-state index contributed by atoms with van der Waals surface area (Å²) >= 11 is 0. The van der Waals surface area contributed by atoms with Crippen LogP contribution in [0, 0.1) is 11.3 Å². The number of amides is 2. The van der Waals surface area contributed by atoms with Gasteiger partial charge >= 0.3 is 0 Å². The van der Waals surface area contributed by atoms with Gasteiger partial charge in [0.1, 0.15) is 0 Å². The molecule has 2 amide bonds. The Balaban J connectivity index is 1.74. The zero-order valence-corrected chi connectivity index (χ0v) is 13.7. The van der Waals surface area contributed by atoms with E-state index in [0.29, 0.717) is 31.8 Å². The Morgan fingerprint density at radius 1 is 1.52 bits per heavy atom. The Hall–Kier alpha value is -1.95. The largest absolute Gasteiger partial charge is 0.383 e. The summed E-state index contributed by atoms with van der Waals surface area (Å²) in [4.78, 5) is 33.2. The van der Waals surface area contributed by atoms with E-state index >= 15 is 0 Å². The van der Waals surface area contributed by atoms with Gasteiger partial charge in [-0.3, -0.25) is 14.6 Å². The Bertz CT molecular complexity index is 592. The Morgan fingerprint density at radius 3 is 3.04 bits per heavy atom. The van der Waals surface area contributed by atoms with Crippen LogP contribution in [0.15, 0.2) is 24.5 Å². The van der Waals surface area contributed by atoms with Crippen LogP contribution in [0.25, 0.3) is 0 Å². The average Bonchev–Trinajstić information content (AvgIpc) is 3.08. The van der Waals surface area contributed by atoms with E-state index in [1.54, 1.807) is 36.5 Å². The van der Waals surface area contributed by atoms with E-state index in [9.17, 15) is 9.59 Å². The van der Waals surface area contributed by atoms with Gasteiger partial charge in [-0.1, -0.05) is 6.92 Å². The topological polar surface area (TPSA) is 62.7 Å². The van der Waals surface area contributed by atoms with Crippen LogP contribution in [-0.4, -0.2) is 66.5 Å². The van der Waals surface area contributed by atoms with Crippen molar-refractivity contribution >= 4 is 11.8 Å². The summed E-state index contributed by atoms with van der Waals surface area (Å²) in [5.41, 5.74) is 0.157. The van der Waals surface area contributed by atoms with Crippen molar-refractivity contribution in [3.63, 3.8) is 0 Å². The minimum atomic E-state index is -0.425. The monoisotopic (exact) mass is 317 g/mol. The molecular formula is C17H23N3O3. The first-order valence-electron chi connectivity index (χ1n) is 8.06. The van der Waals surface area contributed by atoms with E-state index in [4.69, 9.17) is 4.74 Å². The Kier molecular flexibility index (Phi) is 4.35. The van der Waals surface area contributed by atoms with Crippen LogP contribution in [0.4, 0.5) is 0 Å². The molecule has 1 aromatic rings. The van der Waals surface area contributed by atoms with Crippen molar-refractivity contribution in [3.05, 3.63) is 30.1 Å². The molecule has 2 aliphatic heterocycles. The third-order valence-corrected chi connectivity index (χ3v) is 5.21. The summed E-state index contributed by atoms with van der Waals surface area (Å²) in [6, 6.07) is 3.53. The second-order valence-electron chi connectivity index (χ2n) is 6.52. The van der Waals surface area contributed by atoms with Gasteiger partial charge in [0.15, 0.2) is 0 Å². The quantitative estimate of drug-likeness (QED) is 0.832. The fourth-order valence-corrected chi connectivity index (χ4v) is 3.77. The van der Waals surface area contributed by atoms with Gasteiger partial charge < -0.3 is 14.5 Å².